The molecule has 0 aromatic heterocycles. The van der Waals surface area contributed by atoms with E-state index in [0.717, 1.165) is 16.9 Å². The number of carbonyl (C=O) groups is 2. The van der Waals surface area contributed by atoms with Crippen LogP contribution in [-0.2, 0) is 4.79 Å². The molecule has 5 heteroatoms. The molecule has 0 radical (unpaired) electrons. The van der Waals surface area contributed by atoms with Crippen molar-refractivity contribution in [2.24, 2.45) is 5.92 Å². The van der Waals surface area contributed by atoms with Crippen LogP contribution in [0.5, 0.6) is 5.75 Å². The standard InChI is InChI=1S/C26H22N2O3/c1-26-22(17-10-4-2-5-11-17)20-16-31-21-15-9-8-14-19(21)23(20)28(26)25(30)27(24(26)29)18-12-6-3-7-13-18/h2-15,20,22-23H,16H2,1H3/t20?,22?,23?,26-/m0/s1. The number of hydrogen-bond acceptors (Lipinski definition) is 3. The molecule has 0 bridgehead atoms. The summed E-state index contributed by atoms with van der Waals surface area (Å²) in [6, 6.07) is 26.7. The van der Waals surface area contributed by atoms with E-state index in [1.165, 1.54) is 4.90 Å². The lowest BCUT2D eigenvalue weighted by Gasteiger charge is -2.34. The number of hydrogen-bond donors (Lipinski definition) is 0. The van der Waals surface area contributed by atoms with E-state index in [-0.39, 0.29) is 29.8 Å². The van der Waals surface area contributed by atoms with E-state index in [1.54, 1.807) is 0 Å². The molecule has 3 unspecified atom stereocenters. The first-order chi connectivity index (χ1) is 15.1. The molecule has 154 valence electrons. The molecule has 3 amide bonds. The number of urea groups is 1. The molecule has 5 nitrogen and oxygen atoms in total. The van der Waals surface area contributed by atoms with Crippen LogP contribution in [0.3, 0.4) is 0 Å². The smallest absolute Gasteiger partial charge is 0.332 e. The first-order valence-corrected chi connectivity index (χ1v) is 10.6. The van der Waals surface area contributed by atoms with Crippen LogP contribution in [-0.4, -0.2) is 29.0 Å². The molecule has 3 aliphatic heterocycles. The lowest BCUT2D eigenvalue weighted by molar-refractivity contribution is -0.124. The summed E-state index contributed by atoms with van der Waals surface area (Å²) >= 11 is 0. The summed E-state index contributed by atoms with van der Waals surface area (Å²) < 4.78 is 6.12. The van der Waals surface area contributed by atoms with E-state index >= 15 is 0 Å². The number of carbonyl (C=O) groups excluding carboxylic acids is 2. The Bertz CT molecular complexity index is 1180. The second-order valence-corrected chi connectivity index (χ2v) is 8.62. The molecule has 3 heterocycles. The third-order valence-corrected chi connectivity index (χ3v) is 7.09. The highest BCUT2D eigenvalue weighted by molar-refractivity contribution is 6.24. The highest BCUT2D eigenvalue weighted by atomic mass is 16.5. The molecule has 0 spiro atoms. The average molecular weight is 410 g/mol. The molecule has 3 aromatic rings. The van der Waals surface area contributed by atoms with E-state index < -0.39 is 5.54 Å². The molecule has 2 fully saturated rings. The van der Waals surface area contributed by atoms with Crippen LogP contribution in [0.2, 0.25) is 0 Å². The monoisotopic (exact) mass is 410 g/mol. The van der Waals surface area contributed by atoms with Gasteiger partial charge in [-0.05, 0) is 30.7 Å². The molecular formula is C26H22N2O3. The molecular weight excluding hydrogens is 388 g/mol. The van der Waals surface area contributed by atoms with Gasteiger partial charge in [-0.15, -0.1) is 0 Å². The number of benzene rings is 3. The Morgan fingerprint density at radius 2 is 1.52 bits per heavy atom. The van der Waals surface area contributed by atoms with Gasteiger partial charge in [0.25, 0.3) is 5.91 Å². The first kappa shape index (κ1) is 18.2. The van der Waals surface area contributed by atoms with Crippen LogP contribution in [0.25, 0.3) is 0 Å². The summed E-state index contributed by atoms with van der Waals surface area (Å²) in [5.74, 6) is 0.438. The minimum Gasteiger partial charge on any atom is -0.493 e. The van der Waals surface area contributed by atoms with Gasteiger partial charge >= 0.3 is 6.03 Å². The van der Waals surface area contributed by atoms with Crippen molar-refractivity contribution in [1.29, 1.82) is 0 Å². The normalized spacial score (nSPS) is 28.7. The fourth-order valence-electron chi connectivity index (χ4n) is 5.84. The van der Waals surface area contributed by atoms with E-state index in [1.807, 2.05) is 84.6 Å². The number of amides is 3. The van der Waals surface area contributed by atoms with Crippen LogP contribution >= 0.6 is 0 Å². The first-order valence-electron chi connectivity index (χ1n) is 10.6. The third-order valence-electron chi connectivity index (χ3n) is 7.09. The Morgan fingerprint density at radius 1 is 0.871 bits per heavy atom. The van der Waals surface area contributed by atoms with Crippen molar-refractivity contribution in [2.75, 3.05) is 11.5 Å². The Hall–Kier alpha value is -3.60. The highest BCUT2D eigenvalue weighted by Crippen LogP contribution is 2.61. The van der Waals surface area contributed by atoms with Crippen molar-refractivity contribution < 1.29 is 14.3 Å². The molecule has 3 aromatic carbocycles. The number of rotatable bonds is 2. The number of para-hydroxylation sites is 2. The quantitative estimate of drug-likeness (QED) is 0.573. The van der Waals surface area contributed by atoms with Crippen LogP contribution in [0, 0.1) is 5.92 Å². The number of anilines is 1. The van der Waals surface area contributed by atoms with E-state index in [2.05, 4.69) is 12.1 Å². The Labute approximate surface area is 180 Å². The number of ether oxygens (including phenoxy) is 1. The SMILES string of the molecule is C[C@]12C(=O)N(c3ccccc3)C(=O)N1C1c3ccccc3OCC1C2c1ccccc1. The maximum atomic E-state index is 14.0. The molecule has 0 saturated carbocycles. The Morgan fingerprint density at radius 3 is 2.26 bits per heavy atom. The van der Waals surface area contributed by atoms with Crippen LogP contribution in [0.15, 0.2) is 84.9 Å². The van der Waals surface area contributed by atoms with Gasteiger partial charge in [0.15, 0.2) is 0 Å². The van der Waals surface area contributed by atoms with Crippen LogP contribution < -0.4 is 9.64 Å². The van der Waals surface area contributed by atoms with Crippen molar-refractivity contribution >= 4 is 17.6 Å². The molecule has 3 aliphatic rings. The zero-order chi connectivity index (χ0) is 21.2. The summed E-state index contributed by atoms with van der Waals surface area (Å²) in [7, 11) is 0. The molecule has 0 aliphatic carbocycles. The van der Waals surface area contributed by atoms with Gasteiger partial charge in [0.05, 0.1) is 18.3 Å². The molecule has 31 heavy (non-hydrogen) atoms. The van der Waals surface area contributed by atoms with Crippen molar-refractivity contribution in [3.63, 3.8) is 0 Å². The van der Waals surface area contributed by atoms with Gasteiger partial charge in [-0.3, -0.25) is 4.79 Å². The van der Waals surface area contributed by atoms with Gasteiger partial charge in [0.2, 0.25) is 0 Å². The summed E-state index contributed by atoms with van der Waals surface area (Å²) in [4.78, 5) is 31.0. The van der Waals surface area contributed by atoms with E-state index in [0.29, 0.717) is 12.3 Å². The zero-order valence-corrected chi connectivity index (χ0v) is 17.1. The fraction of sp³-hybridized carbons (Fsp3) is 0.231. The lowest BCUT2D eigenvalue weighted by atomic mass is 9.73. The molecule has 4 atom stereocenters. The Kier molecular flexibility index (Phi) is 3.78. The van der Waals surface area contributed by atoms with Gasteiger partial charge < -0.3 is 9.64 Å². The minimum absolute atomic E-state index is 0.00637. The highest BCUT2D eigenvalue weighted by Gasteiger charge is 2.70. The van der Waals surface area contributed by atoms with Crippen molar-refractivity contribution in [3.05, 3.63) is 96.1 Å². The van der Waals surface area contributed by atoms with Crippen molar-refractivity contribution in [2.45, 2.75) is 24.4 Å². The molecule has 2 saturated heterocycles. The van der Waals surface area contributed by atoms with Crippen molar-refractivity contribution in [1.82, 2.24) is 4.90 Å². The predicted molar refractivity (Wildman–Crippen MR) is 117 cm³/mol. The van der Waals surface area contributed by atoms with Gasteiger partial charge in [0, 0.05) is 17.4 Å². The summed E-state index contributed by atoms with van der Waals surface area (Å²) in [6.45, 7) is 2.40. The second kappa shape index (κ2) is 6.45. The summed E-state index contributed by atoms with van der Waals surface area (Å²) in [6.07, 6.45) is 0. The summed E-state index contributed by atoms with van der Waals surface area (Å²) in [5.41, 5.74) is 1.64. The third kappa shape index (κ3) is 2.31. The van der Waals surface area contributed by atoms with Gasteiger partial charge in [-0.25, -0.2) is 9.69 Å². The number of nitrogens with zero attached hydrogens (tertiary/aromatic N) is 2. The second-order valence-electron chi connectivity index (χ2n) is 8.62. The number of fused-ring (bicyclic) bond motifs is 5. The van der Waals surface area contributed by atoms with Crippen molar-refractivity contribution in [3.8, 4) is 5.75 Å². The van der Waals surface area contributed by atoms with Gasteiger partial charge in [0.1, 0.15) is 11.3 Å². The Balaban J connectivity index is 1.57. The van der Waals surface area contributed by atoms with Gasteiger partial charge in [-0.2, -0.15) is 0 Å². The largest absolute Gasteiger partial charge is 0.493 e. The summed E-state index contributed by atoms with van der Waals surface area (Å²) in [5, 5.41) is 0. The maximum Gasteiger partial charge on any atom is 0.332 e. The molecule has 6 rings (SSSR count). The number of imide groups is 1. The molecule has 0 N–H and O–H groups in total. The average Bonchev–Trinajstić information content (AvgIpc) is 3.20. The topological polar surface area (TPSA) is 49.9 Å². The maximum absolute atomic E-state index is 14.0. The van der Waals surface area contributed by atoms with Crippen LogP contribution in [0.4, 0.5) is 10.5 Å². The zero-order valence-electron chi connectivity index (χ0n) is 17.1. The van der Waals surface area contributed by atoms with Gasteiger partial charge in [-0.1, -0.05) is 66.7 Å². The predicted octanol–water partition coefficient (Wildman–Crippen LogP) is 4.76. The fourth-order valence-corrected chi connectivity index (χ4v) is 5.84. The lowest BCUT2D eigenvalue weighted by Crippen LogP contribution is -2.46. The van der Waals surface area contributed by atoms with Crippen LogP contribution in [0.1, 0.15) is 30.0 Å². The van der Waals surface area contributed by atoms with E-state index in [4.69, 9.17) is 4.74 Å². The van der Waals surface area contributed by atoms with E-state index in [9.17, 15) is 9.59 Å². The minimum atomic E-state index is -0.996.